The smallest absolute Gasteiger partial charge is 0.220 e. The highest BCUT2D eigenvalue weighted by Gasteiger charge is 2.32. The SMILES string of the molecule is CC(C)(C)CS(=O)(=O)N1CCN(C2CCNC(=O)CC2)CC1. The predicted octanol–water partition coefficient (Wildman–Crippen LogP) is 0.649. The molecule has 0 aromatic heterocycles. The van der Waals surface area contributed by atoms with Crippen LogP contribution >= 0.6 is 0 Å². The summed E-state index contributed by atoms with van der Waals surface area (Å²) in [6, 6.07) is 0.395. The third-order valence-electron chi connectivity index (χ3n) is 4.30. The third-order valence-corrected chi connectivity index (χ3v) is 6.69. The van der Waals surface area contributed by atoms with E-state index >= 15 is 0 Å². The summed E-state index contributed by atoms with van der Waals surface area (Å²) >= 11 is 0. The van der Waals surface area contributed by atoms with E-state index < -0.39 is 10.0 Å². The minimum Gasteiger partial charge on any atom is -0.356 e. The Morgan fingerprint density at radius 2 is 1.77 bits per heavy atom. The van der Waals surface area contributed by atoms with E-state index in [2.05, 4.69) is 10.2 Å². The van der Waals surface area contributed by atoms with Gasteiger partial charge in [-0.1, -0.05) is 20.8 Å². The normalized spacial score (nSPS) is 26.5. The van der Waals surface area contributed by atoms with Gasteiger partial charge in [-0.05, 0) is 18.3 Å². The molecule has 0 saturated carbocycles. The molecule has 128 valence electrons. The summed E-state index contributed by atoms with van der Waals surface area (Å²) in [5, 5.41) is 2.90. The molecule has 0 bridgehead atoms. The Hall–Kier alpha value is -0.660. The number of hydrogen-bond acceptors (Lipinski definition) is 4. The minimum absolute atomic E-state index is 0.133. The van der Waals surface area contributed by atoms with Crippen molar-refractivity contribution in [3.05, 3.63) is 0 Å². The molecule has 2 aliphatic heterocycles. The summed E-state index contributed by atoms with van der Waals surface area (Å²) in [4.78, 5) is 13.8. The van der Waals surface area contributed by atoms with E-state index in [9.17, 15) is 13.2 Å². The van der Waals surface area contributed by atoms with Crippen molar-refractivity contribution in [1.82, 2.24) is 14.5 Å². The van der Waals surface area contributed by atoms with E-state index in [4.69, 9.17) is 0 Å². The fourth-order valence-corrected chi connectivity index (χ4v) is 5.26. The van der Waals surface area contributed by atoms with Crippen LogP contribution in [-0.2, 0) is 14.8 Å². The molecule has 0 aromatic carbocycles. The number of hydrogen-bond donors (Lipinski definition) is 1. The Balaban J connectivity index is 1.88. The van der Waals surface area contributed by atoms with Gasteiger partial charge in [0.15, 0.2) is 0 Å². The molecule has 22 heavy (non-hydrogen) atoms. The minimum atomic E-state index is -3.17. The van der Waals surface area contributed by atoms with Crippen molar-refractivity contribution in [1.29, 1.82) is 0 Å². The fraction of sp³-hybridized carbons (Fsp3) is 0.933. The number of piperazine rings is 1. The molecule has 1 amide bonds. The second-order valence-corrected chi connectivity index (χ2v) is 9.55. The molecule has 2 heterocycles. The van der Waals surface area contributed by atoms with E-state index in [-0.39, 0.29) is 17.1 Å². The monoisotopic (exact) mass is 331 g/mol. The molecular formula is C15H29N3O3S. The van der Waals surface area contributed by atoms with Gasteiger partial charge in [0, 0.05) is 45.2 Å². The van der Waals surface area contributed by atoms with Gasteiger partial charge in [-0.2, -0.15) is 4.31 Å². The third kappa shape index (κ3) is 4.93. The molecule has 6 nitrogen and oxygen atoms in total. The molecule has 1 N–H and O–H groups in total. The van der Waals surface area contributed by atoms with Crippen LogP contribution in [0.1, 0.15) is 40.0 Å². The molecule has 1 atom stereocenters. The molecule has 0 radical (unpaired) electrons. The number of carbonyl (C=O) groups excluding carboxylic acids is 1. The van der Waals surface area contributed by atoms with E-state index in [1.165, 1.54) is 0 Å². The first-order valence-corrected chi connectivity index (χ1v) is 9.77. The van der Waals surface area contributed by atoms with E-state index in [1.807, 2.05) is 20.8 Å². The average Bonchev–Trinajstić information content (AvgIpc) is 2.61. The first-order valence-electron chi connectivity index (χ1n) is 8.16. The lowest BCUT2D eigenvalue weighted by molar-refractivity contribution is -0.120. The Bertz CT molecular complexity index is 491. The highest BCUT2D eigenvalue weighted by Crippen LogP contribution is 2.21. The van der Waals surface area contributed by atoms with Crippen LogP contribution in [0.4, 0.5) is 0 Å². The Morgan fingerprint density at radius 1 is 1.14 bits per heavy atom. The van der Waals surface area contributed by atoms with Gasteiger partial charge in [0.2, 0.25) is 15.9 Å². The van der Waals surface area contributed by atoms with Crippen molar-refractivity contribution < 1.29 is 13.2 Å². The molecule has 2 rings (SSSR count). The molecule has 2 aliphatic rings. The van der Waals surface area contributed by atoms with Crippen LogP contribution in [0.2, 0.25) is 0 Å². The van der Waals surface area contributed by atoms with E-state index in [1.54, 1.807) is 4.31 Å². The number of nitrogens with one attached hydrogen (secondary N) is 1. The van der Waals surface area contributed by atoms with Crippen molar-refractivity contribution in [2.45, 2.75) is 46.1 Å². The molecule has 1 unspecified atom stereocenters. The maximum atomic E-state index is 12.4. The van der Waals surface area contributed by atoms with Gasteiger partial charge in [0.25, 0.3) is 0 Å². The van der Waals surface area contributed by atoms with Gasteiger partial charge >= 0.3 is 0 Å². The van der Waals surface area contributed by atoms with Gasteiger partial charge in [0.1, 0.15) is 0 Å². The van der Waals surface area contributed by atoms with Gasteiger partial charge in [0.05, 0.1) is 5.75 Å². The zero-order valence-electron chi connectivity index (χ0n) is 14.0. The zero-order chi connectivity index (χ0) is 16.4. The van der Waals surface area contributed by atoms with Crippen molar-refractivity contribution in [3.8, 4) is 0 Å². The van der Waals surface area contributed by atoms with Crippen molar-refractivity contribution in [2.75, 3.05) is 38.5 Å². The summed E-state index contributed by atoms with van der Waals surface area (Å²) in [5.74, 6) is 0.330. The van der Waals surface area contributed by atoms with Gasteiger partial charge in [-0.15, -0.1) is 0 Å². The fourth-order valence-electron chi connectivity index (χ4n) is 3.26. The van der Waals surface area contributed by atoms with E-state index in [0.717, 1.165) is 32.5 Å². The highest BCUT2D eigenvalue weighted by atomic mass is 32.2. The Labute approximate surface area is 134 Å². The molecule has 2 fully saturated rings. The summed E-state index contributed by atoms with van der Waals surface area (Å²) in [6.07, 6.45) is 2.41. The first-order chi connectivity index (χ1) is 10.2. The maximum Gasteiger partial charge on any atom is 0.220 e. The zero-order valence-corrected chi connectivity index (χ0v) is 14.8. The van der Waals surface area contributed by atoms with Crippen LogP contribution in [0.25, 0.3) is 0 Å². The van der Waals surface area contributed by atoms with Crippen molar-refractivity contribution in [2.24, 2.45) is 5.41 Å². The quantitative estimate of drug-likeness (QED) is 0.824. The molecular weight excluding hydrogens is 302 g/mol. The van der Waals surface area contributed by atoms with Crippen molar-refractivity contribution >= 4 is 15.9 Å². The number of carbonyl (C=O) groups is 1. The van der Waals surface area contributed by atoms with Gasteiger partial charge < -0.3 is 5.32 Å². The Morgan fingerprint density at radius 3 is 2.36 bits per heavy atom. The van der Waals surface area contributed by atoms with Crippen LogP contribution in [0.15, 0.2) is 0 Å². The number of sulfonamides is 1. The average molecular weight is 331 g/mol. The van der Waals surface area contributed by atoms with Crippen LogP contribution in [0.5, 0.6) is 0 Å². The summed E-state index contributed by atoms with van der Waals surface area (Å²) in [6.45, 7) is 9.26. The number of nitrogens with zero attached hydrogens (tertiary/aromatic N) is 2. The number of rotatable bonds is 3. The molecule has 0 aliphatic carbocycles. The molecule has 2 saturated heterocycles. The molecule has 0 spiro atoms. The van der Waals surface area contributed by atoms with Crippen LogP contribution in [0, 0.1) is 5.41 Å². The summed E-state index contributed by atoms with van der Waals surface area (Å²) in [7, 11) is -3.17. The second-order valence-electron chi connectivity index (χ2n) is 7.58. The van der Waals surface area contributed by atoms with E-state index in [0.29, 0.717) is 25.6 Å². The Kier molecular flexibility index (Phi) is 5.50. The lowest BCUT2D eigenvalue weighted by Crippen LogP contribution is -2.53. The van der Waals surface area contributed by atoms with Crippen LogP contribution in [-0.4, -0.2) is 68.0 Å². The lowest BCUT2D eigenvalue weighted by atomic mass is 10.0. The highest BCUT2D eigenvalue weighted by molar-refractivity contribution is 7.89. The standard InChI is InChI=1S/C15H29N3O3S/c1-15(2,3)12-22(20,21)18-10-8-17(9-11-18)13-4-5-14(19)16-7-6-13/h13H,4-12H2,1-3H3,(H,16,19). The second kappa shape index (κ2) is 6.84. The van der Waals surface area contributed by atoms with Gasteiger partial charge in [-0.3, -0.25) is 9.69 Å². The van der Waals surface area contributed by atoms with Crippen molar-refractivity contribution in [3.63, 3.8) is 0 Å². The van der Waals surface area contributed by atoms with Crippen LogP contribution < -0.4 is 5.32 Å². The van der Waals surface area contributed by atoms with Crippen LogP contribution in [0.3, 0.4) is 0 Å². The summed E-state index contributed by atoms with van der Waals surface area (Å²) in [5.41, 5.74) is -0.219. The maximum absolute atomic E-state index is 12.4. The molecule has 7 heteroatoms. The number of amides is 1. The lowest BCUT2D eigenvalue weighted by Gasteiger charge is -2.39. The largest absolute Gasteiger partial charge is 0.356 e. The summed E-state index contributed by atoms with van der Waals surface area (Å²) < 4.78 is 26.5. The van der Waals surface area contributed by atoms with Gasteiger partial charge in [-0.25, -0.2) is 8.42 Å². The first kappa shape index (κ1) is 17.7. The molecule has 0 aromatic rings. The topological polar surface area (TPSA) is 69.7 Å². The predicted molar refractivity (Wildman–Crippen MR) is 87.0 cm³/mol.